The molecule has 2 N–H and O–H groups in total. The molecule has 0 amide bonds. The van der Waals surface area contributed by atoms with Crippen molar-refractivity contribution >= 4 is 17.3 Å². The second kappa shape index (κ2) is 10.0. The van der Waals surface area contributed by atoms with Gasteiger partial charge in [-0.2, -0.15) is 0 Å². The van der Waals surface area contributed by atoms with Crippen LogP contribution in [0.4, 0.5) is 0 Å². The topological polar surface area (TPSA) is 58.5 Å². The van der Waals surface area contributed by atoms with Crippen LogP contribution in [0.3, 0.4) is 0 Å². The largest absolute Gasteiger partial charge is 0.494 e. The van der Waals surface area contributed by atoms with Crippen molar-refractivity contribution in [2.75, 3.05) is 20.2 Å². The fourth-order valence-corrected chi connectivity index (χ4v) is 3.24. The van der Waals surface area contributed by atoms with E-state index in [9.17, 15) is 0 Å². The number of aromatic nitrogens is 1. The first kappa shape index (κ1) is 19.2. The van der Waals surface area contributed by atoms with Crippen molar-refractivity contribution in [3.05, 3.63) is 45.4 Å². The molecule has 0 unspecified atom stereocenters. The van der Waals surface area contributed by atoms with Crippen molar-refractivity contribution < 1.29 is 4.74 Å². The molecule has 1 aromatic carbocycles. The van der Waals surface area contributed by atoms with Crippen molar-refractivity contribution in [2.24, 2.45) is 4.99 Å². The zero-order valence-corrected chi connectivity index (χ0v) is 16.4. The first-order chi connectivity index (χ1) is 12.1. The van der Waals surface area contributed by atoms with E-state index in [0.717, 1.165) is 43.4 Å². The molecule has 1 aromatic heterocycles. The number of thiazole rings is 1. The molecule has 1 heterocycles. The van der Waals surface area contributed by atoms with E-state index >= 15 is 0 Å². The maximum Gasteiger partial charge on any atom is 0.191 e. The molecular formula is C19H28N4OS. The van der Waals surface area contributed by atoms with Gasteiger partial charge in [0.05, 0.1) is 17.3 Å². The molecule has 0 bridgehead atoms. The lowest BCUT2D eigenvalue weighted by Crippen LogP contribution is -2.37. The highest BCUT2D eigenvalue weighted by Crippen LogP contribution is 2.16. The van der Waals surface area contributed by atoms with Crippen molar-refractivity contribution in [1.82, 2.24) is 15.6 Å². The van der Waals surface area contributed by atoms with Gasteiger partial charge in [-0.3, -0.25) is 4.99 Å². The second-order valence-corrected chi connectivity index (χ2v) is 7.14. The summed E-state index contributed by atoms with van der Waals surface area (Å²) >= 11 is 1.77. The Labute approximate surface area is 154 Å². The van der Waals surface area contributed by atoms with E-state index in [0.29, 0.717) is 6.54 Å². The molecule has 136 valence electrons. The van der Waals surface area contributed by atoms with E-state index in [4.69, 9.17) is 4.74 Å². The molecule has 0 fully saturated rings. The van der Waals surface area contributed by atoms with Gasteiger partial charge >= 0.3 is 0 Å². The van der Waals surface area contributed by atoms with Gasteiger partial charge in [-0.05, 0) is 38.0 Å². The summed E-state index contributed by atoms with van der Waals surface area (Å²) in [4.78, 5) is 10.1. The monoisotopic (exact) mass is 360 g/mol. The first-order valence-corrected chi connectivity index (χ1v) is 9.53. The third-order valence-corrected chi connectivity index (χ3v) is 4.89. The number of nitrogens with one attached hydrogen (secondary N) is 2. The molecule has 5 nitrogen and oxygen atoms in total. The zero-order valence-electron chi connectivity index (χ0n) is 15.6. The average Bonchev–Trinajstić information content (AvgIpc) is 2.94. The maximum atomic E-state index is 5.68. The molecule has 6 heteroatoms. The van der Waals surface area contributed by atoms with E-state index in [1.807, 2.05) is 12.1 Å². The Kier molecular flexibility index (Phi) is 7.73. The fraction of sp³-hybridized carbons (Fsp3) is 0.474. The van der Waals surface area contributed by atoms with Crippen LogP contribution in [0.1, 0.15) is 34.5 Å². The molecule has 25 heavy (non-hydrogen) atoms. The second-order valence-electron chi connectivity index (χ2n) is 5.85. The van der Waals surface area contributed by atoms with Crippen LogP contribution in [-0.2, 0) is 13.0 Å². The number of ether oxygens (including phenoxy) is 1. The number of aliphatic imine (C=N–C) groups is 1. The Bertz CT molecular complexity index is 677. The molecule has 0 saturated heterocycles. The van der Waals surface area contributed by atoms with Gasteiger partial charge in [0.15, 0.2) is 5.96 Å². The number of hydrogen-bond acceptors (Lipinski definition) is 4. The summed E-state index contributed by atoms with van der Waals surface area (Å²) in [5, 5.41) is 7.84. The third kappa shape index (κ3) is 6.38. The third-order valence-electron chi connectivity index (χ3n) is 3.76. The van der Waals surface area contributed by atoms with Crippen LogP contribution in [0.2, 0.25) is 0 Å². The minimum absolute atomic E-state index is 0.707. The van der Waals surface area contributed by atoms with Crippen LogP contribution in [0.5, 0.6) is 5.75 Å². The van der Waals surface area contributed by atoms with Crippen molar-refractivity contribution in [3.63, 3.8) is 0 Å². The highest BCUT2D eigenvalue weighted by atomic mass is 32.1. The van der Waals surface area contributed by atoms with Crippen LogP contribution >= 0.6 is 11.3 Å². The number of nitrogens with zero attached hydrogens (tertiary/aromatic N) is 2. The quantitative estimate of drug-likeness (QED) is 0.559. The maximum absolute atomic E-state index is 5.68. The van der Waals surface area contributed by atoms with Gasteiger partial charge in [-0.15, -0.1) is 11.3 Å². The smallest absolute Gasteiger partial charge is 0.191 e. The van der Waals surface area contributed by atoms with Gasteiger partial charge in [0.1, 0.15) is 5.75 Å². The highest BCUT2D eigenvalue weighted by molar-refractivity contribution is 7.11. The van der Waals surface area contributed by atoms with Crippen LogP contribution in [-0.4, -0.2) is 31.1 Å². The molecule has 0 aliphatic rings. The van der Waals surface area contributed by atoms with E-state index in [1.54, 1.807) is 18.4 Å². The standard InChI is InChI=1S/C19H28N4OS/c1-5-11-24-17-8-6-7-16(12-17)13-22-19(20-4)21-10-9-18-23-14(2)15(3)25-18/h6-8,12H,5,9-11,13H2,1-4H3,(H2,20,21,22). The molecule has 0 atom stereocenters. The Morgan fingerprint density at radius 2 is 2.12 bits per heavy atom. The molecule has 0 spiro atoms. The lowest BCUT2D eigenvalue weighted by atomic mass is 10.2. The molecule has 2 rings (SSSR count). The number of hydrogen-bond donors (Lipinski definition) is 2. The Balaban J connectivity index is 1.78. The summed E-state index contributed by atoms with van der Waals surface area (Å²) in [5.74, 6) is 1.71. The Morgan fingerprint density at radius 1 is 1.28 bits per heavy atom. The van der Waals surface area contributed by atoms with E-state index in [2.05, 4.69) is 53.5 Å². The summed E-state index contributed by atoms with van der Waals surface area (Å²) in [5.41, 5.74) is 2.30. The molecule has 2 aromatic rings. The van der Waals surface area contributed by atoms with E-state index in [-0.39, 0.29) is 0 Å². The number of rotatable bonds is 8. The summed E-state index contributed by atoms with van der Waals surface area (Å²) in [6, 6.07) is 8.16. The van der Waals surface area contributed by atoms with Gasteiger partial charge < -0.3 is 15.4 Å². The fourth-order valence-electron chi connectivity index (χ4n) is 2.31. The van der Waals surface area contributed by atoms with Crippen LogP contribution in [0.15, 0.2) is 29.3 Å². The van der Waals surface area contributed by atoms with E-state index in [1.165, 1.54) is 15.4 Å². The predicted molar refractivity (Wildman–Crippen MR) is 106 cm³/mol. The summed E-state index contributed by atoms with van der Waals surface area (Å²) < 4.78 is 5.68. The number of aryl methyl sites for hydroxylation is 2. The minimum Gasteiger partial charge on any atom is -0.494 e. The number of guanidine groups is 1. The summed E-state index contributed by atoms with van der Waals surface area (Å²) in [6.45, 7) is 8.54. The Morgan fingerprint density at radius 3 is 2.80 bits per heavy atom. The first-order valence-electron chi connectivity index (χ1n) is 8.71. The van der Waals surface area contributed by atoms with Gasteiger partial charge in [-0.1, -0.05) is 19.1 Å². The molecular weight excluding hydrogens is 332 g/mol. The zero-order chi connectivity index (χ0) is 18.1. The van der Waals surface area contributed by atoms with Crippen LogP contribution in [0, 0.1) is 13.8 Å². The predicted octanol–water partition coefficient (Wildman–Crippen LogP) is 3.46. The van der Waals surface area contributed by atoms with Gasteiger partial charge in [0, 0.05) is 31.4 Å². The van der Waals surface area contributed by atoms with Gasteiger partial charge in [0.25, 0.3) is 0 Å². The normalized spacial score (nSPS) is 11.4. The van der Waals surface area contributed by atoms with Crippen molar-refractivity contribution in [2.45, 2.75) is 40.2 Å². The lowest BCUT2D eigenvalue weighted by molar-refractivity contribution is 0.317. The highest BCUT2D eigenvalue weighted by Gasteiger charge is 2.04. The van der Waals surface area contributed by atoms with Crippen molar-refractivity contribution in [3.8, 4) is 5.75 Å². The van der Waals surface area contributed by atoms with Gasteiger partial charge in [0.2, 0.25) is 0 Å². The lowest BCUT2D eigenvalue weighted by Gasteiger charge is -2.12. The number of benzene rings is 1. The SMILES string of the molecule is CCCOc1cccc(CNC(=NC)NCCc2nc(C)c(C)s2)c1. The minimum atomic E-state index is 0.707. The average molecular weight is 361 g/mol. The van der Waals surface area contributed by atoms with Crippen LogP contribution in [0.25, 0.3) is 0 Å². The van der Waals surface area contributed by atoms with Crippen molar-refractivity contribution in [1.29, 1.82) is 0 Å². The Hall–Kier alpha value is -2.08. The summed E-state index contributed by atoms with van der Waals surface area (Å²) in [6.07, 6.45) is 1.91. The summed E-state index contributed by atoms with van der Waals surface area (Å²) in [7, 11) is 1.79. The molecule has 0 radical (unpaired) electrons. The molecule has 0 saturated carbocycles. The van der Waals surface area contributed by atoms with E-state index < -0.39 is 0 Å². The molecule has 0 aliphatic carbocycles. The molecule has 0 aliphatic heterocycles. The van der Waals surface area contributed by atoms with Crippen LogP contribution < -0.4 is 15.4 Å². The van der Waals surface area contributed by atoms with Gasteiger partial charge in [-0.25, -0.2) is 4.98 Å².